The summed E-state index contributed by atoms with van der Waals surface area (Å²) in [7, 11) is -9.91. The molecule has 0 spiro atoms. The lowest BCUT2D eigenvalue weighted by atomic mass is 10.0. The molecule has 0 amide bonds. The van der Waals surface area contributed by atoms with Crippen molar-refractivity contribution in [2.45, 2.75) is 401 Å². The van der Waals surface area contributed by atoms with Crippen molar-refractivity contribution >= 4 is 39.5 Å². The van der Waals surface area contributed by atoms with Gasteiger partial charge in [0.15, 0.2) is 12.2 Å². The minimum Gasteiger partial charge on any atom is -0.462 e. The lowest BCUT2D eigenvalue weighted by Gasteiger charge is -2.21. The van der Waals surface area contributed by atoms with Crippen molar-refractivity contribution in [1.82, 2.24) is 0 Å². The third-order valence-corrected chi connectivity index (χ3v) is 19.3. The van der Waals surface area contributed by atoms with Gasteiger partial charge >= 0.3 is 39.5 Å². The van der Waals surface area contributed by atoms with E-state index in [0.717, 1.165) is 108 Å². The SMILES string of the molecule is CCCCCCCCCCCCCCCCCC(=O)OC[C@H](COP(=O)(O)OC[C@@H](O)COP(=O)(O)OC[C@@H](COC(=O)CCCCCCCCCC(C)C)OC(=O)CCCCCCCCCCC(C)C)OC(=O)CCCCCCCCCCCCCCCCCC(C)C. The average Bonchev–Trinajstić information content (AvgIpc) is 1.29. The molecule has 558 valence electrons. The van der Waals surface area contributed by atoms with Crippen molar-refractivity contribution in [3.63, 3.8) is 0 Å². The number of hydrogen-bond acceptors (Lipinski definition) is 15. The number of hydrogen-bond donors (Lipinski definition) is 3. The predicted octanol–water partition coefficient (Wildman–Crippen LogP) is 21.8. The van der Waals surface area contributed by atoms with Gasteiger partial charge in [0.1, 0.15) is 19.3 Å². The Morgan fingerprint density at radius 1 is 0.287 bits per heavy atom. The van der Waals surface area contributed by atoms with Crippen LogP contribution >= 0.6 is 15.6 Å². The van der Waals surface area contributed by atoms with Crippen molar-refractivity contribution in [2.24, 2.45) is 17.8 Å². The number of ether oxygens (including phenoxy) is 4. The van der Waals surface area contributed by atoms with Crippen molar-refractivity contribution in [3.05, 3.63) is 0 Å². The Kier molecular flexibility index (Phi) is 64.3. The van der Waals surface area contributed by atoms with Gasteiger partial charge in [-0.25, -0.2) is 9.13 Å². The highest BCUT2D eigenvalue weighted by atomic mass is 31.2. The third kappa shape index (κ3) is 68.6. The predicted molar refractivity (Wildman–Crippen MR) is 381 cm³/mol. The summed E-state index contributed by atoms with van der Waals surface area (Å²) in [6, 6.07) is 0. The summed E-state index contributed by atoms with van der Waals surface area (Å²) < 4.78 is 68.5. The van der Waals surface area contributed by atoms with Crippen LogP contribution in [0.15, 0.2) is 0 Å². The molecule has 0 radical (unpaired) electrons. The van der Waals surface area contributed by atoms with Gasteiger partial charge in [0.05, 0.1) is 26.4 Å². The van der Waals surface area contributed by atoms with Gasteiger partial charge < -0.3 is 33.8 Å². The summed E-state index contributed by atoms with van der Waals surface area (Å²) in [5.41, 5.74) is 0. The van der Waals surface area contributed by atoms with E-state index in [9.17, 15) is 43.2 Å². The van der Waals surface area contributed by atoms with Gasteiger partial charge in [-0.1, -0.05) is 331 Å². The molecule has 0 aliphatic carbocycles. The zero-order chi connectivity index (χ0) is 69.4. The van der Waals surface area contributed by atoms with E-state index in [2.05, 4.69) is 48.5 Å². The summed E-state index contributed by atoms with van der Waals surface area (Å²) in [6.45, 7) is 11.8. The lowest BCUT2D eigenvalue weighted by molar-refractivity contribution is -0.161. The molecule has 5 atom stereocenters. The summed E-state index contributed by atoms with van der Waals surface area (Å²) in [5, 5.41) is 10.6. The molecule has 19 heteroatoms. The Morgan fingerprint density at radius 3 is 0.723 bits per heavy atom. The fourth-order valence-electron chi connectivity index (χ4n) is 11.4. The molecular formula is C75H146O17P2. The highest BCUT2D eigenvalue weighted by Crippen LogP contribution is 2.45. The van der Waals surface area contributed by atoms with Gasteiger partial charge in [0.2, 0.25) is 0 Å². The zero-order valence-electron chi connectivity index (χ0n) is 61.4. The van der Waals surface area contributed by atoms with Gasteiger partial charge in [-0.2, -0.15) is 0 Å². The van der Waals surface area contributed by atoms with Crippen LogP contribution in [0.25, 0.3) is 0 Å². The molecule has 0 aliphatic rings. The third-order valence-electron chi connectivity index (χ3n) is 17.4. The molecule has 0 fully saturated rings. The number of carbonyl (C=O) groups is 4. The van der Waals surface area contributed by atoms with Crippen LogP contribution in [0.2, 0.25) is 0 Å². The molecule has 0 heterocycles. The monoisotopic (exact) mass is 1380 g/mol. The molecule has 0 aliphatic heterocycles. The average molecular weight is 1380 g/mol. The highest BCUT2D eigenvalue weighted by molar-refractivity contribution is 7.47. The zero-order valence-corrected chi connectivity index (χ0v) is 63.2. The van der Waals surface area contributed by atoms with E-state index >= 15 is 0 Å². The number of unbranched alkanes of at least 4 members (excludes halogenated alkanes) is 41. The number of carbonyl (C=O) groups excluding carboxylic acids is 4. The van der Waals surface area contributed by atoms with E-state index in [1.165, 1.54) is 186 Å². The number of esters is 4. The molecule has 0 aromatic rings. The smallest absolute Gasteiger partial charge is 0.462 e. The van der Waals surface area contributed by atoms with Crippen LogP contribution in [0.3, 0.4) is 0 Å². The fourth-order valence-corrected chi connectivity index (χ4v) is 13.0. The maximum Gasteiger partial charge on any atom is 0.472 e. The largest absolute Gasteiger partial charge is 0.472 e. The van der Waals surface area contributed by atoms with Gasteiger partial charge in [-0.05, 0) is 43.4 Å². The maximum absolute atomic E-state index is 13.1. The molecule has 0 saturated carbocycles. The van der Waals surface area contributed by atoms with Crippen LogP contribution in [0.5, 0.6) is 0 Å². The van der Waals surface area contributed by atoms with E-state index in [4.69, 9.17) is 37.0 Å². The normalized spacial score (nSPS) is 14.1. The number of aliphatic hydroxyl groups is 1. The fraction of sp³-hybridized carbons (Fsp3) is 0.947. The number of rotatable bonds is 73. The van der Waals surface area contributed by atoms with Crippen molar-refractivity contribution in [1.29, 1.82) is 0 Å². The minimum absolute atomic E-state index is 0.104. The topological polar surface area (TPSA) is 237 Å². The summed E-state index contributed by atoms with van der Waals surface area (Å²) in [5.74, 6) is 0.105. The molecule has 17 nitrogen and oxygen atoms in total. The molecule has 0 rings (SSSR count). The molecule has 0 bridgehead atoms. The minimum atomic E-state index is -4.96. The summed E-state index contributed by atoms with van der Waals surface area (Å²) >= 11 is 0. The molecule has 94 heavy (non-hydrogen) atoms. The second-order valence-electron chi connectivity index (χ2n) is 28.5. The first kappa shape index (κ1) is 92.1. The second kappa shape index (κ2) is 65.7. The highest BCUT2D eigenvalue weighted by Gasteiger charge is 2.30. The lowest BCUT2D eigenvalue weighted by Crippen LogP contribution is -2.30. The van der Waals surface area contributed by atoms with E-state index in [1.807, 2.05) is 0 Å². The van der Waals surface area contributed by atoms with E-state index in [1.54, 1.807) is 0 Å². The number of phosphoric ester groups is 2. The van der Waals surface area contributed by atoms with Crippen LogP contribution in [0.4, 0.5) is 0 Å². The molecule has 0 aromatic heterocycles. The quantitative estimate of drug-likeness (QED) is 0.0222. The van der Waals surface area contributed by atoms with Crippen LogP contribution in [0.1, 0.15) is 382 Å². The van der Waals surface area contributed by atoms with Crippen LogP contribution in [0, 0.1) is 17.8 Å². The van der Waals surface area contributed by atoms with Gasteiger partial charge in [-0.15, -0.1) is 0 Å². The summed E-state index contributed by atoms with van der Waals surface area (Å²) in [6.07, 6.45) is 51.5. The molecule has 3 N–H and O–H groups in total. The van der Waals surface area contributed by atoms with Crippen LogP contribution in [-0.4, -0.2) is 96.7 Å². The standard InChI is InChI=1S/C75H146O17P2/c1-8-9-10-11-12-13-14-15-17-21-24-27-35-42-49-56-72(77)85-62-70(91-74(79)58-51-44-36-28-25-22-19-16-18-20-23-26-32-39-46-53-66(2)3)64-89-93(81,82)87-60-69(76)61-88-94(83,84)90-65-71(63-86-73(78)57-50-43-38-31-34-41-48-55-68(6)7)92-75(80)59-52-45-37-30-29-33-40-47-54-67(4)5/h66-71,76H,8-65H2,1-7H3,(H,81,82)(H,83,84)/t69-,70-,71-/m1/s1. The maximum atomic E-state index is 13.1. The Balaban J connectivity index is 5.23. The van der Waals surface area contributed by atoms with Gasteiger partial charge in [0.25, 0.3) is 0 Å². The van der Waals surface area contributed by atoms with E-state index < -0.39 is 97.5 Å². The Morgan fingerprint density at radius 2 is 0.489 bits per heavy atom. The van der Waals surface area contributed by atoms with Gasteiger partial charge in [0, 0.05) is 25.7 Å². The first-order valence-electron chi connectivity index (χ1n) is 38.8. The second-order valence-corrected chi connectivity index (χ2v) is 31.4. The van der Waals surface area contributed by atoms with E-state index in [-0.39, 0.29) is 25.7 Å². The van der Waals surface area contributed by atoms with Crippen LogP contribution in [-0.2, 0) is 65.4 Å². The summed E-state index contributed by atoms with van der Waals surface area (Å²) in [4.78, 5) is 72.7. The number of phosphoric acid groups is 2. The Bertz CT molecular complexity index is 1840. The van der Waals surface area contributed by atoms with Gasteiger partial charge in [-0.3, -0.25) is 37.3 Å². The van der Waals surface area contributed by atoms with Crippen LogP contribution < -0.4 is 0 Å². The van der Waals surface area contributed by atoms with Crippen molar-refractivity contribution in [2.75, 3.05) is 39.6 Å². The first-order chi connectivity index (χ1) is 45.2. The van der Waals surface area contributed by atoms with Crippen molar-refractivity contribution in [3.8, 4) is 0 Å². The molecule has 0 aromatic carbocycles. The first-order valence-corrected chi connectivity index (χ1v) is 41.8. The molecular weight excluding hydrogens is 1230 g/mol. The molecule has 2 unspecified atom stereocenters. The van der Waals surface area contributed by atoms with E-state index in [0.29, 0.717) is 31.6 Å². The van der Waals surface area contributed by atoms with Crippen molar-refractivity contribution < 1.29 is 80.2 Å². The Hall–Kier alpha value is -1.94. The molecule has 0 saturated heterocycles. The Labute approximate surface area is 575 Å². The number of aliphatic hydroxyl groups excluding tert-OH is 1.